The van der Waals surface area contributed by atoms with Gasteiger partial charge in [0.2, 0.25) is 0 Å². The van der Waals surface area contributed by atoms with E-state index in [0.29, 0.717) is 5.92 Å². The quantitative estimate of drug-likeness (QED) is 0.755. The lowest BCUT2D eigenvalue weighted by Gasteiger charge is -2.39. The van der Waals surface area contributed by atoms with Crippen molar-refractivity contribution in [2.45, 2.75) is 51.5 Å². The van der Waals surface area contributed by atoms with E-state index in [1.54, 1.807) is 9.80 Å². The molecule has 0 aliphatic carbocycles. The Balaban J connectivity index is 1.47. The van der Waals surface area contributed by atoms with Crippen LogP contribution in [0.2, 0.25) is 0 Å². The van der Waals surface area contributed by atoms with Gasteiger partial charge in [-0.05, 0) is 96.4 Å². The molecule has 3 fully saturated rings. The molecule has 154 valence electrons. The third-order valence-corrected chi connectivity index (χ3v) is 7.44. The minimum Gasteiger partial charge on any atom is -0.335 e. The summed E-state index contributed by atoms with van der Waals surface area (Å²) in [6.07, 6.45) is 6.83. The van der Waals surface area contributed by atoms with Crippen LogP contribution in [0.15, 0.2) is 0 Å². The molecule has 1 unspecified atom stereocenters. The van der Waals surface area contributed by atoms with Crippen molar-refractivity contribution in [1.82, 2.24) is 20.0 Å². The summed E-state index contributed by atoms with van der Waals surface area (Å²) in [5, 5.41) is 3.43. The van der Waals surface area contributed by atoms with Crippen LogP contribution in [-0.2, 0) is 9.59 Å². The van der Waals surface area contributed by atoms with Gasteiger partial charge in [-0.1, -0.05) is 0 Å². The Bertz CT molecular complexity index is 504. The first-order valence-corrected chi connectivity index (χ1v) is 10.9. The van der Waals surface area contributed by atoms with E-state index in [0.717, 1.165) is 76.8 Å². The van der Waals surface area contributed by atoms with Crippen LogP contribution in [0, 0.1) is 17.8 Å². The minimum atomic E-state index is -0.318. The molecule has 3 aliphatic rings. The predicted molar refractivity (Wildman–Crippen MR) is 107 cm³/mol. The van der Waals surface area contributed by atoms with E-state index in [-0.39, 0.29) is 17.9 Å². The Labute approximate surface area is 164 Å². The minimum absolute atomic E-state index is 0.127. The highest BCUT2D eigenvalue weighted by molar-refractivity contribution is 6.34. The summed E-state index contributed by atoms with van der Waals surface area (Å²) in [6.45, 7) is 8.00. The fraction of sp³-hybridized carbons (Fsp3) is 0.905. The third-order valence-electron chi connectivity index (χ3n) is 7.44. The van der Waals surface area contributed by atoms with Gasteiger partial charge in [0.05, 0.1) is 0 Å². The lowest BCUT2D eigenvalue weighted by Crippen LogP contribution is -2.51. The Hall–Kier alpha value is -1.14. The SMILES string of the molecule is CC(C1CCN(C)CC1)N(C)C(=O)C(=O)N1CCC(C2CCNCC2)CC1. The summed E-state index contributed by atoms with van der Waals surface area (Å²) in [4.78, 5) is 31.4. The molecule has 3 heterocycles. The molecule has 3 rings (SSSR count). The zero-order valence-corrected chi connectivity index (χ0v) is 17.5. The fourth-order valence-corrected chi connectivity index (χ4v) is 5.19. The van der Waals surface area contributed by atoms with Gasteiger partial charge in [0, 0.05) is 26.2 Å². The number of amides is 2. The first kappa shape index (κ1) is 20.6. The number of likely N-dealkylation sites (N-methyl/N-ethyl adjacent to an activating group) is 1. The summed E-state index contributed by atoms with van der Waals surface area (Å²) < 4.78 is 0. The van der Waals surface area contributed by atoms with E-state index in [2.05, 4.69) is 24.2 Å². The molecule has 3 aliphatic heterocycles. The highest BCUT2D eigenvalue weighted by Crippen LogP contribution is 2.31. The second-order valence-electron chi connectivity index (χ2n) is 9.01. The summed E-state index contributed by atoms with van der Waals surface area (Å²) in [5.41, 5.74) is 0. The number of rotatable bonds is 3. The molecule has 1 atom stereocenters. The topological polar surface area (TPSA) is 55.9 Å². The molecule has 0 aromatic rings. The summed E-state index contributed by atoms with van der Waals surface area (Å²) in [7, 11) is 3.96. The van der Waals surface area contributed by atoms with Crippen LogP contribution in [0.5, 0.6) is 0 Å². The maximum atomic E-state index is 12.8. The largest absolute Gasteiger partial charge is 0.335 e. The molecule has 0 bridgehead atoms. The molecule has 6 nitrogen and oxygen atoms in total. The van der Waals surface area contributed by atoms with Crippen molar-refractivity contribution in [3.05, 3.63) is 0 Å². The van der Waals surface area contributed by atoms with Crippen LogP contribution in [0.1, 0.15) is 45.4 Å². The fourth-order valence-electron chi connectivity index (χ4n) is 5.19. The van der Waals surface area contributed by atoms with Gasteiger partial charge in [-0.3, -0.25) is 9.59 Å². The second-order valence-corrected chi connectivity index (χ2v) is 9.01. The highest BCUT2D eigenvalue weighted by Gasteiger charge is 2.35. The van der Waals surface area contributed by atoms with E-state index in [4.69, 9.17) is 0 Å². The van der Waals surface area contributed by atoms with Gasteiger partial charge in [-0.25, -0.2) is 0 Å². The molecule has 2 amide bonds. The maximum Gasteiger partial charge on any atom is 0.312 e. The van der Waals surface area contributed by atoms with Gasteiger partial charge in [-0.2, -0.15) is 0 Å². The molecule has 1 N–H and O–H groups in total. The molecule has 6 heteroatoms. The normalized spacial score (nSPS) is 25.4. The number of hydrogen-bond donors (Lipinski definition) is 1. The van der Waals surface area contributed by atoms with Gasteiger partial charge in [0.1, 0.15) is 0 Å². The summed E-state index contributed by atoms with van der Waals surface area (Å²) in [6, 6.07) is 0.127. The number of likely N-dealkylation sites (tertiary alicyclic amines) is 2. The van der Waals surface area contributed by atoms with Crippen molar-refractivity contribution in [2.24, 2.45) is 17.8 Å². The first-order valence-electron chi connectivity index (χ1n) is 10.9. The number of nitrogens with one attached hydrogen (secondary N) is 1. The smallest absolute Gasteiger partial charge is 0.312 e. The third kappa shape index (κ3) is 5.02. The number of piperidine rings is 3. The Morgan fingerprint density at radius 3 is 2.07 bits per heavy atom. The average Bonchev–Trinajstić information content (AvgIpc) is 2.73. The van der Waals surface area contributed by atoms with Crippen LogP contribution in [0.3, 0.4) is 0 Å². The number of carbonyl (C=O) groups is 2. The van der Waals surface area contributed by atoms with E-state index in [1.807, 2.05) is 7.05 Å². The molecule has 0 aromatic carbocycles. The standard InChI is InChI=1S/C21H38N4O2/c1-16(17-6-12-23(2)13-7-17)24(3)20(26)21(27)25-14-8-19(9-15-25)18-4-10-22-11-5-18/h16-19,22H,4-15H2,1-3H3. The second kappa shape index (κ2) is 9.37. The van der Waals surface area contributed by atoms with Gasteiger partial charge in [0.25, 0.3) is 0 Å². The van der Waals surface area contributed by atoms with Crippen LogP contribution in [0.25, 0.3) is 0 Å². The van der Waals surface area contributed by atoms with Gasteiger partial charge in [0.15, 0.2) is 0 Å². The zero-order chi connectivity index (χ0) is 19.4. The van der Waals surface area contributed by atoms with Crippen LogP contribution in [0.4, 0.5) is 0 Å². The van der Waals surface area contributed by atoms with E-state index in [1.165, 1.54) is 12.8 Å². The van der Waals surface area contributed by atoms with Crippen LogP contribution in [-0.4, -0.2) is 85.9 Å². The van der Waals surface area contributed by atoms with Crippen molar-refractivity contribution in [2.75, 3.05) is 53.4 Å². The molecular weight excluding hydrogens is 340 g/mol. The Kier molecular flexibility index (Phi) is 7.15. The molecule has 3 saturated heterocycles. The van der Waals surface area contributed by atoms with Gasteiger partial charge >= 0.3 is 11.8 Å². The number of carbonyl (C=O) groups excluding carboxylic acids is 2. The average molecular weight is 379 g/mol. The van der Waals surface area contributed by atoms with Gasteiger partial charge in [-0.15, -0.1) is 0 Å². The molecular formula is C21H38N4O2. The Morgan fingerprint density at radius 1 is 0.926 bits per heavy atom. The van der Waals surface area contributed by atoms with Crippen molar-refractivity contribution >= 4 is 11.8 Å². The van der Waals surface area contributed by atoms with Crippen molar-refractivity contribution in [3.63, 3.8) is 0 Å². The molecule has 0 saturated carbocycles. The Morgan fingerprint density at radius 2 is 1.48 bits per heavy atom. The number of hydrogen-bond acceptors (Lipinski definition) is 4. The summed E-state index contributed by atoms with van der Waals surface area (Å²) >= 11 is 0. The lowest BCUT2D eigenvalue weighted by molar-refractivity contribution is -0.153. The highest BCUT2D eigenvalue weighted by atomic mass is 16.2. The van der Waals surface area contributed by atoms with Crippen LogP contribution < -0.4 is 5.32 Å². The predicted octanol–water partition coefficient (Wildman–Crippen LogP) is 1.41. The summed E-state index contributed by atoms with van der Waals surface area (Å²) in [5.74, 6) is 1.41. The van der Waals surface area contributed by atoms with E-state index < -0.39 is 0 Å². The molecule has 0 aromatic heterocycles. The van der Waals surface area contributed by atoms with Gasteiger partial charge < -0.3 is 20.0 Å². The number of nitrogens with zero attached hydrogens (tertiary/aromatic N) is 3. The molecule has 27 heavy (non-hydrogen) atoms. The van der Waals surface area contributed by atoms with E-state index >= 15 is 0 Å². The van der Waals surface area contributed by atoms with Crippen molar-refractivity contribution < 1.29 is 9.59 Å². The van der Waals surface area contributed by atoms with E-state index in [9.17, 15) is 9.59 Å². The maximum absolute atomic E-state index is 12.8. The molecule has 0 radical (unpaired) electrons. The zero-order valence-electron chi connectivity index (χ0n) is 17.5. The van der Waals surface area contributed by atoms with Crippen molar-refractivity contribution in [1.29, 1.82) is 0 Å². The first-order chi connectivity index (χ1) is 13.0. The van der Waals surface area contributed by atoms with Crippen molar-refractivity contribution in [3.8, 4) is 0 Å². The van der Waals surface area contributed by atoms with Crippen LogP contribution >= 0.6 is 0 Å². The monoisotopic (exact) mass is 378 g/mol. The lowest BCUT2D eigenvalue weighted by atomic mass is 9.79. The molecule has 0 spiro atoms.